The molecule has 3 atom stereocenters. The summed E-state index contributed by atoms with van der Waals surface area (Å²) >= 11 is 0. The normalized spacial score (nSPS) is 27.7. The molecule has 1 aliphatic rings. The average molecular weight is 249 g/mol. The molecule has 0 radical (unpaired) electrons. The van der Waals surface area contributed by atoms with Crippen LogP contribution in [-0.2, 0) is 0 Å². The molecule has 1 saturated carbocycles. The van der Waals surface area contributed by atoms with Crippen molar-refractivity contribution in [3.05, 3.63) is 11.8 Å². The lowest BCUT2D eigenvalue weighted by Crippen LogP contribution is -2.29. The first-order valence-electron chi connectivity index (χ1n) is 5.75. The number of aliphatic hydroxyl groups excluding tert-OH is 1. The molecule has 0 saturated heterocycles. The largest absolute Gasteiger partial charge is 0.393 e. The molecule has 0 aromatic carbocycles. The zero-order valence-corrected chi connectivity index (χ0v) is 9.78. The van der Waals surface area contributed by atoms with Gasteiger partial charge in [-0.3, -0.25) is 9.48 Å². The first kappa shape index (κ1) is 12.4. The number of rotatable bonds is 2. The van der Waals surface area contributed by atoms with Crippen LogP contribution in [0.5, 0.6) is 0 Å². The molecule has 0 aliphatic heterocycles. The number of nitrogens with zero attached hydrogens (tertiary/aromatic N) is 3. The van der Waals surface area contributed by atoms with E-state index < -0.39 is 12.0 Å². The number of nitrogen functional groups attached to an aromatic ring is 1. The monoisotopic (exact) mass is 249 g/mol. The highest BCUT2D eigenvalue weighted by Crippen LogP contribution is 2.34. The van der Waals surface area contributed by atoms with E-state index in [4.69, 9.17) is 16.7 Å². The van der Waals surface area contributed by atoms with Gasteiger partial charge in [0.25, 0.3) is 5.91 Å². The lowest BCUT2D eigenvalue weighted by molar-refractivity contribution is 0.0861. The summed E-state index contributed by atoms with van der Waals surface area (Å²) in [5.41, 5.74) is 10.9. The minimum absolute atomic E-state index is 0.0744. The third-order valence-electron chi connectivity index (χ3n) is 3.32. The van der Waals surface area contributed by atoms with Gasteiger partial charge in [0, 0.05) is 6.20 Å². The van der Waals surface area contributed by atoms with Gasteiger partial charge in [-0.15, -0.1) is 0 Å². The van der Waals surface area contributed by atoms with Crippen molar-refractivity contribution in [1.82, 2.24) is 9.78 Å². The van der Waals surface area contributed by atoms with Gasteiger partial charge in [-0.1, -0.05) is 0 Å². The fourth-order valence-electron chi connectivity index (χ4n) is 2.35. The Kier molecular flexibility index (Phi) is 3.21. The highest BCUT2D eigenvalue weighted by molar-refractivity contribution is 5.96. The third-order valence-corrected chi connectivity index (χ3v) is 3.32. The number of aromatic nitrogens is 2. The van der Waals surface area contributed by atoms with Crippen molar-refractivity contribution >= 4 is 11.7 Å². The Hall–Kier alpha value is -2.07. The van der Waals surface area contributed by atoms with E-state index >= 15 is 0 Å². The number of anilines is 1. The Bertz CT molecular complexity index is 504. The van der Waals surface area contributed by atoms with Crippen LogP contribution in [0.15, 0.2) is 6.20 Å². The first-order valence-corrected chi connectivity index (χ1v) is 5.75. The summed E-state index contributed by atoms with van der Waals surface area (Å²) in [6.45, 7) is 0. The Morgan fingerprint density at radius 2 is 2.33 bits per heavy atom. The standard InChI is InChI=1S/C11H15N5O2/c12-4-6-3-7(17)1-2-9(6)16-5-8(11(14)18)10(13)15-16/h5-7,9,17H,1-3H2,(H2,13,15)(H2,14,18)/t6?,7-,9+/m1/s1. The quantitative estimate of drug-likeness (QED) is 0.667. The van der Waals surface area contributed by atoms with Crippen molar-refractivity contribution in [3.63, 3.8) is 0 Å². The van der Waals surface area contributed by atoms with Gasteiger partial charge >= 0.3 is 0 Å². The number of nitriles is 1. The van der Waals surface area contributed by atoms with Gasteiger partial charge in [-0.05, 0) is 19.3 Å². The summed E-state index contributed by atoms with van der Waals surface area (Å²) < 4.78 is 1.52. The van der Waals surface area contributed by atoms with Crippen molar-refractivity contribution < 1.29 is 9.90 Å². The van der Waals surface area contributed by atoms with Crippen LogP contribution >= 0.6 is 0 Å². The minimum atomic E-state index is -0.636. The molecule has 5 N–H and O–H groups in total. The van der Waals surface area contributed by atoms with Crippen molar-refractivity contribution in [2.45, 2.75) is 31.4 Å². The SMILES string of the molecule is N#CC1C[C@H](O)CC[C@@H]1n1cc(C(N)=O)c(N)n1. The summed E-state index contributed by atoms with van der Waals surface area (Å²) in [5, 5.41) is 22.7. The molecule has 96 valence electrons. The zero-order chi connectivity index (χ0) is 13.3. The number of nitrogens with two attached hydrogens (primary N) is 2. The van der Waals surface area contributed by atoms with Crippen molar-refractivity contribution in [2.75, 3.05) is 5.73 Å². The maximum absolute atomic E-state index is 11.1. The predicted octanol–water partition coefficient (Wildman–Crippen LogP) is -0.210. The van der Waals surface area contributed by atoms with Gasteiger partial charge < -0.3 is 16.6 Å². The third kappa shape index (κ3) is 2.15. The number of carbonyl (C=O) groups is 1. The van der Waals surface area contributed by atoms with Crippen LogP contribution in [0.2, 0.25) is 0 Å². The van der Waals surface area contributed by atoms with Gasteiger partial charge in [0.1, 0.15) is 5.56 Å². The van der Waals surface area contributed by atoms with Crippen LogP contribution in [0, 0.1) is 17.2 Å². The second-order valence-electron chi connectivity index (χ2n) is 4.54. The van der Waals surface area contributed by atoms with E-state index in [0.717, 1.165) is 0 Å². The molecule has 1 fully saturated rings. The second kappa shape index (κ2) is 4.66. The summed E-state index contributed by atoms with van der Waals surface area (Å²) in [6.07, 6.45) is 2.67. The van der Waals surface area contributed by atoms with Crippen molar-refractivity contribution in [1.29, 1.82) is 5.26 Å². The average Bonchev–Trinajstić information content (AvgIpc) is 2.71. The van der Waals surface area contributed by atoms with E-state index in [0.29, 0.717) is 19.3 Å². The van der Waals surface area contributed by atoms with Gasteiger partial charge in [0.05, 0.1) is 24.1 Å². The molecule has 0 bridgehead atoms. The first-order chi connectivity index (χ1) is 8.52. The molecular weight excluding hydrogens is 234 g/mol. The summed E-state index contributed by atoms with van der Waals surface area (Å²) in [7, 11) is 0. The number of primary amides is 1. The number of carbonyl (C=O) groups excluding carboxylic acids is 1. The topological polar surface area (TPSA) is 131 Å². The van der Waals surface area contributed by atoms with Crippen LogP contribution in [0.3, 0.4) is 0 Å². The van der Waals surface area contributed by atoms with Crippen molar-refractivity contribution in [3.8, 4) is 6.07 Å². The van der Waals surface area contributed by atoms with E-state index in [9.17, 15) is 9.90 Å². The lowest BCUT2D eigenvalue weighted by atomic mass is 9.84. The summed E-state index contributed by atoms with van der Waals surface area (Å²) in [4.78, 5) is 11.1. The van der Waals surface area contributed by atoms with E-state index in [2.05, 4.69) is 11.2 Å². The molecule has 1 aliphatic carbocycles. The molecule has 1 aromatic rings. The Morgan fingerprint density at radius 1 is 1.61 bits per heavy atom. The van der Waals surface area contributed by atoms with E-state index in [1.54, 1.807) is 0 Å². The molecule has 1 amide bonds. The molecule has 0 spiro atoms. The van der Waals surface area contributed by atoms with Crippen LogP contribution in [0.1, 0.15) is 35.7 Å². The fraction of sp³-hybridized carbons (Fsp3) is 0.545. The summed E-state index contributed by atoms with van der Waals surface area (Å²) in [5.74, 6) is -0.901. The molecule has 1 heterocycles. The second-order valence-corrected chi connectivity index (χ2v) is 4.54. The predicted molar refractivity (Wildman–Crippen MR) is 63.2 cm³/mol. The van der Waals surface area contributed by atoms with E-state index in [1.165, 1.54) is 10.9 Å². The van der Waals surface area contributed by atoms with Crippen LogP contribution in [0.25, 0.3) is 0 Å². The Labute approximate surface area is 104 Å². The van der Waals surface area contributed by atoms with Gasteiger partial charge in [-0.2, -0.15) is 10.4 Å². The van der Waals surface area contributed by atoms with Crippen LogP contribution < -0.4 is 11.5 Å². The number of hydrogen-bond donors (Lipinski definition) is 3. The number of hydrogen-bond acceptors (Lipinski definition) is 5. The number of amides is 1. The van der Waals surface area contributed by atoms with Crippen LogP contribution in [-0.4, -0.2) is 26.9 Å². The van der Waals surface area contributed by atoms with Gasteiger partial charge in [0.15, 0.2) is 5.82 Å². The summed E-state index contributed by atoms with van der Waals surface area (Å²) in [6, 6.07) is 1.99. The molecule has 2 rings (SSSR count). The Balaban J connectivity index is 2.28. The molecular formula is C11H15N5O2. The molecule has 18 heavy (non-hydrogen) atoms. The molecule has 7 nitrogen and oxygen atoms in total. The highest BCUT2D eigenvalue weighted by Gasteiger charge is 2.32. The van der Waals surface area contributed by atoms with E-state index in [1.807, 2.05) is 0 Å². The molecule has 1 aromatic heterocycles. The van der Waals surface area contributed by atoms with E-state index in [-0.39, 0.29) is 23.3 Å². The van der Waals surface area contributed by atoms with Gasteiger partial charge in [-0.25, -0.2) is 0 Å². The fourth-order valence-corrected chi connectivity index (χ4v) is 2.35. The van der Waals surface area contributed by atoms with Crippen LogP contribution in [0.4, 0.5) is 5.82 Å². The lowest BCUT2D eigenvalue weighted by Gasteiger charge is -2.29. The highest BCUT2D eigenvalue weighted by atomic mass is 16.3. The smallest absolute Gasteiger partial charge is 0.254 e. The minimum Gasteiger partial charge on any atom is -0.393 e. The maximum Gasteiger partial charge on any atom is 0.254 e. The maximum atomic E-state index is 11.1. The molecule has 1 unspecified atom stereocenters. The molecule has 7 heteroatoms. The van der Waals surface area contributed by atoms with Gasteiger partial charge in [0.2, 0.25) is 0 Å². The zero-order valence-electron chi connectivity index (χ0n) is 9.78. The Morgan fingerprint density at radius 3 is 2.89 bits per heavy atom. The van der Waals surface area contributed by atoms with Crippen molar-refractivity contribution in [2.24, 2.45) is 11.7 Å². The number of aliphatic hydroxyl groups is 1.